The molecule has 2 aliphatic heterocycles. The zero-order chi connectivity index (χ0) is 15.6. The van der Waals surface area contributed by atoms with Crippen LogP contribution in [-0.2, 0) is 4.79 Å². The molecule has 4 nitrogen and oxygen atoms in total. The van der Waals surface area contributed by atoms with E-state index in [0.717, 1.165) is 19.3 Å². The average Bonchev–Trinajstić information content (AvgIpc) is 2.85. The minimum absolute atomic E-state index is 0.0256. The van der Waals surface area contributed by atoms with Crippen molar-refractivity contribution in [2.75, 3.05) is 19.6 Å². The predicted molar refractivity (Wildman–Crippen MR) is 71.7 cm³/mol. The van der Waals surface area contributed by atoms with Gasteiger partial charge >= 0.3 is 6.18 Å². The van der Waals surface area contributed by atoms with Crippen LogP contribution in [0.2, 0.25) is 0 Å². The summed E-state index contributed by atoms with van der Waals surface area (Å²) in [5.74, 6) is -0.122. The quantitative estimate of drug-likeness (QED) is 0.864. The first-order chi connectivity index (χ1) is 9.80. The third kappa shape index (κ3) is 3.88. The largest absolute Gasteiger partial charge is 0.415 e. The monoisotopic (exact) mass is 308 g/mol. The Kier molecular flexibility index (Phi) is 5.14. The van der Waals surface area contributed by atoms with Crippen molar-refractivity contribution in [3.8, 4) is 0 Å². The number of alkyl halides is 3. The lowest BCUT2D eigenvalue weighted by Crippen LogP contribution is -2.52. The van der Waals surface area contributed by atoms with Crippen LogP contribution in [0.25, 0.3) is 0 Å². The molecule has 1 amide bonds. The van der Waals surface area contributed by atoms with Gasteiger partial charge < -0.3 is 10.0 Å². The van der Waals surface area contributed by atoms with Crippen molar-refractivity contribution < 1.29 is 23.1 Å². The summed E-state index contributed by atoms with van der Waals surface area (Å²) < 4.78 is 38.0. The summed E-state index contributed by atoms with van der Waals surface area (Å²) in [4.78, 5) is 15.6. The minimum Gasteiger partial charge on any atom is -0.382 e. The van der Waals surface area contributed by atoms with Gasteiger partial charge in [0.1, 0.15) is 0 Å². The maximum atomic E-state index is 12.7. The lowest BCUT2D eigenvalue weighted by atomic mass is 10.0. The summed E-state index contributed by atoms with van der Waals surface area (Å²) >= 11 is 0. The molecule has 2 aliphatic rings. The van der Waals surface area contributed by atoms with Crippen LogP contribution in [0.3, 0.4) is 0 Å². The van der Waals surface area contributed by atoms with Crippen molar-refractivity contribution in [1.29, 1.82) is 0 Å². The second kappa shape index (κ2) is 6.52. The molecule has 0 unspecified atom stereocenters. The van der Waals surface area contributed by atoms with Crippen LogP contribution in [0, 0.1) is 0 Å². The van der Waals surface area contributed by atoms with Crippen molar-refractivity contribution >= 4 is 5.91 Å². The van der Waals surface area contributed by atoms with Crippen molar-refractivity contribution in [3.63, 3.8) is 0 Å². The molecule has 7 heteroatoms. The molecular weight excluding hydrogens is 285 g/mol. The maximum absolute atomic E-state index is 12.7. The first-order valence-corrected chi connectivity index (χ1v) is 7.59. The van der Waals surface area contributed by atoms with E-state index in [1.807, 2.05) is 6.92 Å². The van der Waals surface area contributed by atoms with Crippen LogP contribution in [-0.4, -0.2) is 64.8 Å². The molecule has 0 aromatic carbocycles. The molecule has 0 aromatic rings. The highest BCUT2D eigenvalue weighted by Crippen LogP contribution is 2.30. The van der Waals surface area contributed by atoms with Gasteiger partial charge in [-0.1, -0.05) is 0 Å². The maximum Gasteiger partial charge on any atom is 0.415 e. The standard InChI is InChI=1S/C14H23F3N2O2/c1-10-5-2-3-8-19(10)12(20)9-18-7-4-6-11(18)13(21)14(15,16)17/h10-11,13,21H,2-9H2,1H3/t10-,11+,13-/m1/s1. The summed E-state index contributed by atoms with van der Waals surface area (Å²) in [6.45, 7) is 3.07. The number of nitrogens with zero attached hydrogens (tertiary/aromatic N) is 2. The third-order valence-corrected chi connectivity index (χ3v) is 4.58. The molecule has 1 N–H and O–H groups in total. The molecule has 0 saturated carbocycles. The van der Waals surface area contributed by atoms with Crippen molar-refractivity contribution in [2.24, 2.45) is 0 Å². The SMILES string of the molecule is C[C@@H]1CCCCN1C(=O)CN1CCC[C@H]1[C@@H](O)C(F)(F)F. The lowest BCUT2D eigenvalue weighted by molar-refractivity contribution is -0.219. The molecule has 21 heavy (non-hydrogen) atoms. The number of hydrogen-bond donors (Lipinski definition) is 1. The van der Waals surface area contributed by atoms with Gasteiger partial charge in [-0.25, -0.2) is 0 Å². The van der Waals surface area contributed by atoms with E-state index in [2.05, 4.69) is 0 Å². The molecule has 2 heterocycles. The van der Waals surface area contributed by atoms with Crippen LogP contribution in [0.15, 0.2) is 0 Å². The topological polar surface area (TPSA) is 43.8 Å². The van der Waals surface area contributed by atoms with Gasteiger partial charge in [-0.3, -0.25) is 9.69 Å². The highest BCUT2D eigenvalue weighted by Gasteiger charge is 2.47. The average molecular weight is 308 g/mol. The van der Waals surface area contributed by atoms with E-state index in [9.17, 15) is 23.1 Å². The number of aliphatic hydroxyl groups is 1. The second-order valence-corrected chi connectivity index (χ2v) is 6.10. The molecule has 0 radical (unpaired) electrons. The summed E-state index contributed by atoms with van der Waals surface area (Å²) in [7, 11) is 0. The van der Waals surface area contributed by atoms with Crippen molar-refractivity contribution in [3.05, 3.63) is 0 Å². The molecule has 0 aromatic heterocycles. The summed E-state index contributed by atoms with van der Waals surface area (Å²) in [5.41, 5.74) is 0. The van der Waals surface area contributed by atoms with E-state index in [0.29, 0.717) is 19.5 Å². The van der Waals surface area contributed by atoms with E-state index < -0.39 is 18.3 Å². The van der Waals surface area contributed by atoms with Crippen LogP contribution >= 0.6 is 0 Å². The first kappa shape index (κ1) is 16.5. The zero-order valence-electron chi connectivity index (χ0n) is 12.3. The van der Waals surface area contributed by atoms with Crippen LogP contribution in [0.5, 0.6) is 0 Å². The summed E-state index contributed by atoms with van der Waals surface area (Å²) in [6, 6.07) is -0.839. The number of piperidine rings is 1. The zero-order valence-corrected chi connectivity index (χ0v) is 12.3. The Hall–Kier alpha value is -0.820. The van der Waals surface area contributed by atoms with E-state index in [-0.39, 0.29) is 24.9 Å². The van der Waals surface area contributed by atoms with Gasteiger partial charge in [0.25, 0.3) is 0 Å². The fourth-order valence-corrected chi connectivity index (χ4v) is 3.36. The Morgan fingerprint density at radius 1 is 1.24 bits per heavy atom. The highest BCUT2D eigenvalue weighted by atomic mass is 19.4. The predicted octanol–water partition coefficient (Wildman–Crippen LogP) is 1.77. The lowest BCUT2D eigenvalue weighted by Gasteiger charge is -2.36. The molecule has 0 bridgehead atoms. The Balaban J connectivity index is 1.96. The number of hydrogen-bond acceptors (Lipinski definition) is 3. The fraction of sp³-hybridized carbons (Fsp3) is 0.929. The number of rotatable bonds is 3. The second-order valence-electron chi connectivity index (χ2n) is 6.10. The van der Waals surface area contributed by atoms with Gasteiger partial charge in [0, 0.05) is 18.6 Å². The molecule has 0 spiro atoms. The van der Waals surface area contributed by atoms with E-state index in [4.69, 9.17) is 0 Å². The fourth-order valence-electron chi connectivity index (χ4n) is 3.36. The van der Waals surface area contributed by atoms with Gasteiger partial charge in [0.05, 0.1) is 6.54 Å². The molecule has 3 atom stereocenters. The Morgan fingerprint density at radius 2 is 1.95 bits per heavy atom. The van der Waals surface area contributed by atoms with Gasteiger partial charge in [0.2, 0.25) is 5.91 Å². The van der Waals surface area contributed by atoms with E-state index >= 15 is 0 Å². The highest BCUT2D eigenvalue weighted by molar-refractivity contribution is 5.78. The minimum atomic E-state index is -4.63. The van der Waals surface area contributed by atoms with Crippen LogP contribution in [0.4, 0.5) is 13.2 Å². The summed E-state index contributed by atoms with van der Waals surface area (Å²) in [5, 5.41) is 9.44. The van der Waals surface area contributed by atoms with Gasteiger partial charge in [-0.15, -0.1) is 0 Å². The summed E-state index contributed by atoms with van der Waals surface area (Å²) in [6.07, 6.45) is -3.15. The Bertz CT molecular complexity index is 376. The van der Waals surface area contributed by atoms with E-state index in [1.165, 1.54) is 4.90 Å². The molecule has 0 aliphatic carbocycles. The molecule has 122 valence electrons. The third-order valence-electron chi connectivity index (χ3n) is 4.58. The molecule has 2 fully saturated rings. The van der Waals surface area contributed by atoms with E-state index in [1.54, 1.807) is 4.90 Å². The number of carbonyl (C=O) groups excluding carboxylic acids is 1. The molecule has 2 rings (SSSR count). The number of aliphatic hydroxyl groups excluding tert-OH is 1. The number of halogens is 3. The van der Waals surface area contributed by atoms with Crippen LogP contribution in [0.1, 0.15) is 39.0 Å². The van der Waals surface area contributed by atoms with Crippen LogP contribution < -0.4 is 0 Å². The number of likely N-dealkylation sites (tertiary alicyclic amines) is 2. The molecule has 2 saturated heterocycles. The first-order valence-electron chi connectivity index (χ1n) is 7.59. The Morgan fingerprint density at radius 3 is 2.57 bits per heavy atom. The van der Waals surface area contributed by atoms with Crippen molar-refractivity contribution in [1.82, 2.24) is 9.80 Å². The normalized spacial score (nSPS) is 29.7. The molecular formula is C14H23F3N2O2. The smallest absolute Gasteiger partial charge is 0.382 e. The van der Waals surface area contributed by atoms with Crippen molar-refractivity contribution in [2.45, 2.75) is 63.4 Å². The number of amides is 1. The Labute approximate surface area is 122 Å². The van der Waals surface area contributed by atoms with Gasteiger partial charge in [-0.05, 0) is 45.6 Å². The van der Waals surface area contributed by atoms with Gasteiger partial charge in [0.15, 0.2) is 6.10 Å². The van der Waals surface area contributed by atoms with Gasteiger partial charge in [-0.2, -0.15) is 13.2 Å². The number of carbonyl (C=O) groups is 1.